The lowest BCUT2D eigenvalue weighted by Crippen LogP contribution is -1.84. The van der Waals surface area contributed by atoms with Crippen molar-refractivity contribution in [2.45, 2.75) is 0 Å². The number of rotatable bonds is 0. The normalized spacial score (nSPS) is 9.75. The summed E-state index contributed by atoms with van der Waals surface area (Å²) < 4.78 is 1.18. The molecule has 0 bridgehead atoms. The maximum absolute atomic E-state index is 5.47. The van der Waals surface area contributed by atoms with Gasteiger partial charge in [-0.3, -0.25) is 0 Å². The Kier molecular flexibility index (Phi) is 2.79. The summed E-state index contributed by atoms with van der Waals surface area (Å²) in [6.07, 6.45) is 0. The maximum Gasteiger partial charge on any atom is 0.198 e. The van der Waals surface area contributed by atoms with E-state index < -0.39 is 0 Å². The quantitative estimate of drug-likeness (QED) is 0.732. The Bertz CT molecular complexity index is 398. The molecule has 0 aliphatic heterocycles. The molecule has 2 aromatic rings. The topological polar surface area (TPSA) is 54.7 Å². The zero-order valence-corrected chi connectivity index (χ0v) is 9.02. The summed E-state index contributed by atoms with van der Waals surface area (Å²) in [5.74, 6) is 0.474. The van der Waals surface area contributed by atoms with Gasteiger partial charge in [0.25, 0.3) is 0 Å². The lowest BCUT2D eigenvalue weighted by Gasteiger charge is -1.87. The van der Waals surface area contributed by atoms with E-state index in [-0.39, 0.29) is 12.4 Å². The van der Waals surface area contributed by atoms with E-state index >= 15 is 0 Å². The van der Waals surface area contributed by atoms with Gasteiger partial charge in [-0.25, -0.2) is 4.98 Å². The fraction of sp³-hybridized carbons (Fsp3) is 0. The molecule has 0 saturated carbocycles. The molecule has 12 heavy (non-hydrogen) atoms. The molecule has 3 N–H and O–H groups in total. The van der Waals surface area contributed by atoms with E-state index in [1.165, 1.54) is 3.57 Å². The standard InChI is InChI=1S/C7H6IN3.ClH/c8-4-1-2-5-6(3-4)11-7(9)10-5;/h1-3H,(H3,9,10,11);1H. The summed E-state index contributed by atoms with van der Waals surface area (Å²) >= 11 is 2.25. The van der Waals surface area contributed by atoms with Crippen molar-refractivity contribution in [1.82, 2.24) is 9.97 Å². The molecule has 1 aromatic heterocycles. The second-order valence-corrected chi connectivity index (χ2v) is 3.53. The first-order valence-electron chi connectivity index (χ1n) is 3.16. The van der Waals surface area contributed by atoms with Gasteiger partial charge in [0.05, 0.1) is 11.0 Å². The first-order chi connectivity index (χ1) is 5.25. The summed E-state index contributed by atoms with van der Waals surface area (Å²) in [4.78, 5) is 7.03. The van der Waals surface area contributed by atoms with Crippen LogP contribution in [-0.2, 0) is 0 Å². The minimum atomic E-state index is 0. The average Bonchev–Trinajstić information content (AvgIpc) is 2.27. The number of nitrogens with zero attached hydrogens (tertiary/aromatic N) is 1. The molecule has 5 heteroatoms. The smallest absolute Gasteiger partial charge is 0.198 e. The number of hydrogen-bond donors (Lipinski definition) is 2. The monoisotopic (exact) mass is 295 g/mol. The van der Waals surface area contributed by atoms with E-state index in [1.54, 1.807) is 0 Å². The highest BCUT2D eigenvalue weighted by Crippen LogP contribution is 2.15. The van der Waals surface area contributed by atoms with Crippen LogP contribution < -0.4 is 5.73 Å². The zero-order chi connectivity index (χ0) is 7.84. The van der Waals surface area contributed by atoms with Crippen LogP contribution in [0.15, 0.2) is 18.2 Å². The molecule has 3 nitrogen and oxygen atoms in total. The molecular formula is C7H7ClIN3. The van der Waals surface area contributed by atoms with Gasteiger partial charge in [0.1, 0.15) is 0 Å². The number of halogens is 2. The zero-order valence-electron chi connectivity index (χ0n) is 6.04. The number of benzene rings is 1. The van der Waals surface area contributed by atoms with Crippen LogP contribution >= 0.6 is 35.0 Å². The Morgan fingerprint density at radius 2 is 2.17 bits per heavy atom. The van der Waals surface area contributed by atoms with Crippen molar-refractivity contribution in [3.05, 3.63) is 21.8 Å². The van der Waals surface area contributed by atoms with Crippen LogP contribution in [0.2, 0.25) is 0 Å². The van der Waals surface area contributed by atoms with Gasteiger partial charge in [0, 0.05) is 3.57 Å². The Labute approximate surface area is 89.3 Å². The maximum atomic E-state index is 5.47. The number of fused-ring (bicyclic) bond motifs is 1. The van der Waals surface area contributed by atoms with Crippen LogP contribution in [0, 0.1) is 3.57 Å². The predicted octanol–water partition coefficient (Wildman–Crippen LogP) is 2.17. The molecule has 0 amide bonds. The van der Waals surface area contributed by atoms with Crippen LogP contribution in [0.5, 0.6) is 0 Å². The number of aromatic nitrogens is 2. The molecule has 2 rings (SSSR count). The van der Waals surface area contributed by atoms with Crippen molar-refractivity contribution in [3.63, 3.8) is 0 Å². The van der Waals surface area contributed by atoms with E-state index in [2.05, 4.69) is 32.6 Å². The van der Waals surface area contributed by atoms with Crippen LogP contribution in [-0.4, -0.2) is 9.97 Å². The third-order valence-corrected chi connectivity index (χ3v) is 2.13. The van der Waals surface area contributed by atoms with E-state index in [0.717, 1.165) is 11.0 Å². The number of imidazole rings is 1. The molecule has 1 heterocycles. The number of H-pyrrole nitrogens is 1. The van der Waals surface area contributed by atoms with Crippen molar-refractivity contribution in [3.8, 4) is 0 Å². The van der Waals surface area contributed by atoms with E-state index in [9.17, 15) is 0 Å². The number of hydrogen-bond acceptors (Lipinski definition) is 2. The lowest BCUT2D eigenvalue weighted by molar-refractivity contribution is 1.35. The summed E-state index contributed by atoms with van der Waals surface area (Å²) in [5.41, 5.74) is 7.39. The predicted molar refractivity (Wildman–Crippen MR) is 60.5 cm³/mol. The van der Waals surface area contributed by atoms with Crippen molar-refractivity contribution in [2.24, 2.45) is 0 Å². The lowest BCUT2D eigenvalue weighted by atomic mass is 10.3. The van der Waals surface area contributed by atoms with Crippen LogP contribution in [0.25, 0.3) is 11.0 Å². The van der Waals surface area contributed by atoms with E-state index in [1.807, 2.05) is 18.2 Å². The van der Waals surface area contributed by atoms with Gasteiger partial charge in [0.2, 0.25) is 0 Å². The molecule has 0 fully saturated rings. The van der Waals surface area contributed by atoms with Crippen molar-refractivity contribution < 1.29 is 0 Å². The average molecular weight is 296 g/mol. The first kappa shape index (κ1) is 9.60. The minimum absolute atomic E-state index is 0. The number of anilines is 1. The highest BCUT2D eigenvalue weighted by molar-refractivity contribution is 14.1. The summed E-state index contributed by atoms with van der Waals surface area (Å²) in [6.45, 7) is 0. The Balaban J connectivity index is 0.000000720. The van der Waals surface area contributed by atoms with E-state index in [0.29, 0.717) is 5.95 Å². The number of aromatic amines is 1. The van der Waals surface area contributed by atoms with Crippen molar-refractivity contribution in [1.29, 1.82) is 0 Å². The third kappa shape index (κ3) is 1.64. The Morgan fingerprint density at radius 3 is 2.92 bits per heavy atom. The van der Waals surface area contributed by atoms with Gasteiger partial charge >= 0.3 is 0 Å². The van der Waals surface area contributed by atoms with Gasteiger partial charge in [-0.15, -0.1) is 12.4 Å². The van der Waals surface area contributed by atoms with Crippen LogP contribution in [0.1, 0.15) is 0 Å². The molecule has 0 aliphatic rings. The second-order valence-electron chi connectivity index (χ2n) is 2.28. The second kappa shape index (κ2) is 3.49. The molecule has 0 radical (unpaired) electrons. The molecule has 64 valence electrons. The van der Waals surface area contributed by atoms with Crippen LogP contribution in [0.3, 0.4) is 0 Å². The Hall–Kier alpha value is -0.490. The van der Waals surface area contributed by atoms with Crippen LogP contribution in [0.4, 0.5) is 5.95 Å². The highest BCUT2D eigenvalue weighted by atomic mass is 127. The SMILES string of the molecule is Cl.Nc1nc2ccc(I)cc2[nH]1. The summed E-state index contributed by atoms with van der Waals surface area (Å²) in [5, 5.41) is 0. The first-order valence-corrected chi connectivity index (χ1v) is 4.24. The Morgan fingerprint density at radius 1 is 1.42 bits per heavy atom. The van der Waals surface area contributed by atoms with Gasteiger partial charge in [-0.2, -0.15) is 0 Å². The minimum Gasteiger partial charge on any atom is -0.369 e. The molecule has 1 aromatic carbocycles. The van der Waals surface area contributed by atoms with Gasteiger partial charge < -0.3 is 10.7 Å². The molecule has 0 spiro atoms. The van der Waals surface area contributed by atoms with Gasteiger partial charge in [-0.05, 0) is 40.8 Å². The van der Waals surface area contributed by atoms with Crippen molar-refractivity contribution >= 4 is 52.0 Å². The largest absolute Gasteiger partial charge is 0.369 e. The summed E-state index contributed by atoms with van der Waals surface area (Å²) in [6, 6.07) is 5.96. The molecule has 0 aliphatic carbocycles. The number of nitrogen functional groups attached to an aromatic ring is 1. The number of nitrogens with one attached hydrogen (secondary N) is 1. The highest BCUT2D eigenvalue weighted by Gasteiger charge is 1.98. The van der Waals surface area contributed by atoms with Gasteiger partial charge in [0.15, 0.2) is 5.95 Å². The van der Waals surface area contributed by atoms with Crippen molar-refractivity contribution in [2.75, 3.05) is 5.73 Å². The van der Waals surface area contributed by atoms with E-state index in [4.69, 9.17) is 5.73 Å². The molecule has 0 atom stereocenters. The molecular weight excluding hydrogens is 288 g/mol. The fourth-order valence-corrected chi connectivity index (χ4v) is 1.49. The molecule has 0 unspecified atom stereocenters. The third-order valence-electron chi connectivity index (χ3n) is 1.46. The number of nitrogens with two attached hydrogens (primary N) is 1. The molecule has 0 saturated heterocycles. The van der Waals surface area contributed by atoms with Gasteiger partial charge in [-0.1, -0.05) is 0 Å². The summed E-state index contributed by atoms with van der Waals surface area (Å²) in [7, 11) is 0. The fourth-order valence-electron chi connectivity index (χ4n) is 1.00.